The van der Waals surface area contributed by atoms with E-state index >= 15 is 0 Å². The van der Waals surface area contributed by atoms with Gasteiger partial charge in [0.2, 0.25) is 0 Å². The third kappa shape index (κ3) is 4.35. The second-order valence-electron chi connectivity index (χ2n) is 7.70. The lowest BCUT2D eigenvalue weighted by atomic mass is 9.95. The molecule has 2 aromatic carbocycles. The first-order valence-electron chi connectivity index (χ1n) is 10.7. The van der Waals surface area contributed by atoms with Crippen LogP contribution in [0.25, 0.3) is 5.76 Å². The van der Waals surface area contributed by atoms with Crippen molar-refractivity contribution in [3.63, 3.8) is 0 Å². The number of Topliss-reactive ketones (excluding diaryl/α,β-unsaturated/α-hetero) is 1. The molecule has 9 heteroatoms. The molecule has 1 aromatic heterocycles. The molecule has 9 nitrogen and oxygen atoms in total. The zero-order valence-electron chi connectivity index (χ0n) is 19.5. The fraction of sp³-hybridized carbons (Fsp3) is 0.192. The maximum Gasteiger partial charge on any atom is 0.301 e. The number of hydrogen-bond donors (Lipinski definition) is 1. The molecule has 1 aliphatic heterocycles. The van der Waals surface area contributed by atoms with Crippen LogP contribution >= 0.6 is 0 Å². The van der Waals surface area contributed by atoms with Crippen molar-refractivity contribution in [2.75, 3.05) is 25.7 Å². The number of aryl methyl sites for hydroxylation is 1. The van der Waals surface area contributed by atoms with Gasteiger partial charge in [0.05, 0.1) is 25.8 Å². The Labute approximate surface area is 201 Å². The molecule has 0 aliphatic carbocycles. The number of hydrogen-bond acceptors (Lipinski definition) is 8. The predicted molar refractivity (Wildman–Crippen MR) is 128 cm³/mol. The molecule has 1 atom stereocenters. The average molecular weight is 476 g/mol. The number of aromatic nitrogens is 1. The minimum atomic E-state index is -0.957. The van der Waals surface area contributed by atoms with Crippen LogP contribution in [0.2, 0.25) is 0 Å². The Bertz CT molecular complexity index is 1310. The first kappa shape index (κ1) is 23.6. The molecule has 180 valence electrons. The predicted octanol–water partition coefficient (Wildman–Crippen LogP) is 4.19. The van der Waals surface area contributed by atoms with Crippen molar-refractivity contribution in [2.24, 2.45) is 0 Å². The normalized spacial score (nSPS) is 16.9. The van der Waals surface area contributed by atoms with Crippen LogP contribution in [0.3, 0.4) is 0 Å². The van der Waals surface area contributed by atoms with E-state index in [1.807, 2.05) is 0 Å². The van der Waals surface area contributed by atoms with E-state index in [0.717, 1.165) is 0 Å². The third-order valence-electron chi connectivity index (χ3n) is 5.53. The maximum atomic E-state index is 13.2. The highest BCUT2D eigenvalue weighted by molar-refractivity contribution is 6.51. The second-order valence-corrected chi connectivity index (χ2v) is 7.70. The summed E-state index contributed by atoms with van der Waals surface area (Å²) in [6, 6.07) is 12.2. The van der Waals surface area contributed by atoms with Gasteiger partial charge in [-0.15, -0.1) is 0 Å². The van der Waals surface area contributed by atoms with Gasteiger partial charge in [-0.3, -0.25) is 14.5 Å². The number of benzene rings is 2. The van der Waals surface area contributed by atoms with Crippen LogP contribution in [0.15, 0.2) is 71.3 Å². The Morgan fingerprint density at radius 2 is 1.83 bits per heavy atom. The van der Waals surface area contributed by atoms with Gasteiger partial charge in [-0.1, -0.05) is 29.9 Å². The van der Waals surface area contributed by atoms with Gasteiger partial charge in [-0.05, 0) is 42.8 Å². The number of carbonyl (C=O) groups is 2. The number of anilines is 1. The van der Waals surface area contributed by atoms with Gasteiger partial charge >= 0.3 is 5.91 Å². The number of aliphatic hydroxyl groups is 1. The summed E-state index contributed by atoms with van der Waals surface area (Å²) in [5.41, 5.74) is 0.758. The molecule has 1 unspecified atom stereocenters. The van der Waals surface area contributed by atoms with Gasteiger partial charge in [0.1, 0.15) is 23.9 Å². The summed E-state index contributed by atoms with van der Waals surface area (Å²) < 4.78 is 21.3. The lowest BCUT2D eigenvalue weighted by Gasteiger charge is -2.23. The molecule has 0 saturated carbocycles. The number of ether oxygens (including phenoxy) is 3. The maximum absolute atomic E-state index is 13.2. The molecule has 1 N–H and O–H groups in total. The second kappa shape index (κ2) is 9.76. The quantitative estimate of drug-likeness (QED) is 0.223. The molecule has 1 aliphatic rings. The lowest BCUT2D eigenvalue weighted by Crippen LogP contribution is -2.29. The summed E-state index contributed by atoms with van der Waals surface area (Å²) in [4.78, 5) is 27.6. The number of aliphatic hydroxyl groups excluding tert-OH is 1. The highest BCUT2D eigenvalue weighted by Gasteiger charge is 2.48. The monoisotopic (exact) mass is 476 g/mol. The Balaban J connectivity index is 1.87. The zero-order valence-corrected chi connectivity index (χ0v) is 19.5. The number of methoxy groups -OCH3 is 2. The summed E-state index contributed by atoms with van der Waals surface area (Å²) in [6.45, 7) is 5.63. The molecule has 0 radical (unpaired) electrons. The van der Waals surface area contributed by atoms with Crippen LogP contribution in [0.1, 0.15) is 22.9 Å². The van der Waals surface area contributed by atoms with E-state index in [2.05, 4.69) is 11.7 Å². The van der Waals surface area contributed by atoms with Gasteiger partial charge in [0, 0.05) is 11.6 Å². The van der Waals surface area contributed by atoms with Crippen LogP contribution in [0.4, 0.5) is 5.82 Å². The van der Waals surface area contributed by atoms with Crippen molar-refractivity contribution in [1.82, 2.24) is 5.16 Å². The molecule has 0 spiro atoms. The van der Waals surface area contributed by atoms with Crippen molar-refractivity contribution >= 4 is 23.3 Å². The first-order valence-corrected chi connectivity index (χ1v) is 10.7. The highest BCUT2D eigenvalue weighted by atomic mass is 16.5. The molecular formula is C26H24N2O7. The van der Waals surface area contributed by atoms with E-state index < -0.39 is 17.7 Å². The minimum absolute atomic E-state index is 0.0948. The van der Waals surface area contributed by atoms with Crippen LogP contribution in [0.5, 0.6) is 17.2 Å². The minimum Gasteiger partial charge on any atom is -0.507 e. The van der Waals surface area contributed by atoms with E-state index in [4.69, 9.17) is 18.7 Å². The fourth-order valence-corrected chi connectivity index (χ4v) is 3.89. The molecule has 4 rings (SSSR count). The van der Waals surface area contributed by atoms with Crippen molar-refractivity contribution in [3.05, 3.63) is 83.6 Å². The SMILES string of the molecule is C=CCOc1ccc(C2C(=C(O)c3ccc(OC)c(OC)c3)C(=O)C(=O)N2c2cc(C)on2)cc1. The van der Waals surface area contributed by atoms with E-state index in [-0.39, 0.29) is 22.7 Å². The Morgan fingerprint density at radius 3 is 2.43 bits per heavy atom. The van der Waals surface area contributed by atoms with Gasteiger partial charge < -0.3 is 23.8 Å². The standard InChI is InChI=1S/C26H24N2O7/c1-5-12-34-18-9-6-16(7-10-18)23-22(24(29)17-8-11-19(32-3)20(14-17)33-4)25(30)26(31)28(23)21-13-15(2)35-27-21/h5-11,13-14,23,29H,1,12H2,2-4H3. The summed E-state index contributed by atoms with van der Waals surface area (Å²) in [5.74, 6) is -0.0203. The largest absolute Gasteiger partial charge is 0.507 e. The zero-order chi connectivity index (χ0) is 25.1. The van der Waals surface area contributed by atoms with Gasteiger partial charge in [0.15, 0.2) is 17.3 Å². The highest BCUT2D eigenvalue weighted by Crippen LogP contribution is 2.43. The van der Waals surface area contributed by atoms with E-state index in [0.29, 0.717) is 35.2 Å². The summed E-state index contributed by atoms with van der Waals surface area (Å²) in [5, 5.41) is 15.2. The van der Waals surface area contributed by atoms with E-state index in [9.17, 15) is 14.7 Å². The Morgan fingerprint density at radius 1 is 1.11 bits per heavy atom. The summed E-state index contributed by atoms with van der Waals surface area (Å²) in [6.07, 6.45) is 1.62. The molecular weight excluding hydrogens is 452 g/mol. The fourth-order valence-electron chi connectivity index (χ4n) is 3.89. The van der Waals surface area contributed by atoms with Crippen molar-refractivity contribution in [2.45, 2.75) is 13.0 Å². The van der Waals surface area contributed by atoms with Gasteiger partial charge in [-0.25, -0.2) is 0 Å². The smallest absolute Gasteiger partial charge is 0.301 e. The topological polar surface area (TPSA) is 111 Å². The number of nitrogens with zero attached hydrogens (tertiary/aromatic N) is 2. The number of carbonyl (C=O) groups excluding carboxylic acids is 2. The Kier molecular flexibility index (Phi) is 6.59. The molecule has 1 saturated heterocycles. The van der Waals surface area contributed by atoms with Gasteiger partial charge in [0.25, 0.3) is 5.78 Å². The number of rotatable bonds is 8. The third-order valence-corrected chi connectivity index (χ3v) is 5.53. The number of ketones is 1. The molecule has 1 fully saturated rings. The lowest BCUT2D eigenvalue weighted by molar-refractivity contribution is -0.132. The van der Waals surface area contributed by atoms with Crippen molar-refractivity contribution in [1.29, 1.82) is 0 Å². The molecule has 1 amide bonds. The van der Waals surface area contributed by atoms with Gasteiger partial charge in [-0.2, -0.15) is 0 Å². The first-order chi connectivity index (χ1) is 16.9. The van der Waals surface area contributed by atoms with Crippen molar-refractivity contribution in [3.8, 4) is 17.2 Å². The van der Waals surface area contributed by atoms with Crippen LogP contribution in [-0.2, 0) is 9.59 Å². The molecule has 35 heavy (non-hydrogen) atoms. The van der Waals surface area contributed by atoms with E-state index in [1.54, 1.807) is 55.5 Å². The molecule has 2 heterocycles. The van der Waals surface area contributed by atoms with Crippen LogP contribution < -0.4 is 19.1 Å². The molecule has 0 bridgehead atoms. The molecule has 3 aromatic rings. The van der Waals surface area contributed by atoms with Crippen molar-refractivity contribution < 1.29 is 33.4 Å². The Hall–Kier alpha value is -4.53. The van der Waals surface area contributed by atoms with Crippen LogP contribution in [0, 0.1) is 6.92 Å². The number of amides is 1. The van der Waals surface area contributed by atoms with E-state index in [1.165, 1.54) is 25.2 Å². The summed E-state index contributed by atoms with van der Waals surface area (Å²) >= 11 is 0. The van der Waals surface area contributed by atoms with Crippen LogP contribution in [-0.4, -0.2) is 42.8 Å². The summed E-state index contributed by atoms with van der Waals surface area (Å²) in [7, 11) is 2.95. The average Bonchev–Trinajstić information content (AvgIpc) is 3.42.